The number of aliphatic hydroxyl groups excluding tert-OH is 2. The van der Waals surface area contributed by atoms with E-state index in [0.717, 1.165) is 5.56 Å². The molecular weight excluding hydrogens is 188 g/mol. The summed E-state index contributed by atoms with van der Waals surface area (Å²) in [6, 6.07) is 9.58. The van der Waals surface area contributed by atoms with Crippen LogP contribution in [0.3, 0.4) is 0 Å². The van der Waals surface area contributed by atoms with Crippen molar-refractivity contribution in [2.24, 2.45) is 5.92 Å². The largest absolute Gasteiger partial charge is 0.395 e. The van der Waals surface area contributed by atoms with Crippen molar-refractivity contribution < 1.29 is 10.2 Å². The van der Waals surface area contributed by atoms with E-state index >= 15 is 0 Å². The zero-order valence-corrected chi connectivity index (χ0v) is 9.06. The first-order valence-electron chi connectivity index (χ1n) is 5.11. The van der Waals surface area contributed by atoms with E-state index in [4.69, 9.17) is 0 Å². The SMILES string of the molecule is C=CC(C)C(CO)(CO)c1ccccc1. The molecule has 0 spiro atoms. The molecule has 0 amide bonds. The predicted molar refractivity (Wildman–Crippen MR) is 61.7 cm³/mol. The molecule has 0 saturated heterocycles. The second-order valence-corrected chi connectivity index (χ2v) is 3.86. The van der Waals surface area contributed by atoms with E-state index < -0.39 is 5.41 Å². The quantitative estimate of drug-likeness (QED) is 0.720. The molecule has 0 aromatic heterocycles. The molecule has 0 bridgehead atoms. The summed E-state index contributed by atoms with van der Waals surface area (Å²) < 4.78 is 0. The Labute approximate surface area is 90.9 Å². The number of benzene rings is 1. The van der Waals surface area contributed by atoms with Crippen molar-refractivity contribution in [2.75, 3.05) is 13.2 Å². The maximum absolute atomic E-state index is 9.52. The van der Waals surface area contributed by atoms with Gasteiger partial charge in [0.05, 0.1) is 13.2 Å². The van der Waals surface area contributed by atoms with E-state index in [1.54, 1.807) is 6.08 Å². The molecule has 1 unspecified atom stereocenters. The van der Waals surface area contributed by atoms with Crippen molar-refractivity contribution in [3.63, 3.8) is 0 Å². The minimum Gasteiger partial charge on any atom is -0.395 e. The Kier molecular flexibility index (Phi) is 4.06. The van der Waals surface area contributed by atoms with Gasteiger partial charge in [-0.15, -0.1) is 6.58 Å². The van der Waals surface area contributed by atoms with E-state index in [9.17, 15) is 10.2 Å². The average Bonchev–Trinajstić information content (AvgIpc) is 2.32. The van der Waals surface area contributed by atoms with Crippen molar-refractivity contribution in [1.82, 2.24) is 0 Å². The standard InChI is InChI=1S/C13H18O2/c1-3-11(2)13(9-14,10-15)12-7-5-4-6-8-12/h3-8,11,14-15H,1,9-10H2,2H3. The average molecular weight is 206 g/mol. The van der Waals surface area contributed by atoms with Gasteiger partial charge in [0.25, 0.3) is 0 Å². The summed E-state index contributed by atoms with van der Waals surface area (Å²) >= 11 is 0. The Morgan fingerprint density at radius 2 is 1.80 bits per heavy atom. The van der Waals surface area contributed by atoms with Crippen LogP contribution in [-0.2, 0) is 5.41 Å². The first-order valence-corrected chi connectivity index (χ1v) is 5.11. The van der Waals surface area contributed by atoms with Crippen molar-refractivity contribution >= 4 is 0 Å². The molecule has 82 valence electrons. The first kappa shape index (κ1) is 12.0. The highest BCUT2D eigenvalue weighted by Gasteiger charge is 2.35. The van der Waals surface area contributed by atoms with Crippen LogP contribution in [0.2, 0.25) is 0 Å². The third kappa shape index (κ3) is 2.11. The van der Waals surface area contributed by atoms with E-state index in [1.165, 1.54) is 0 Å². The molecule has 2 N–H and O–H groups in total. The van der Waals surface area contributed by atoms with E-state index in [1.807, 2.05) is 37.3 Å². The van der Waals surface area contributed by atoms with Crippen LogP contribution in [0.15, 0.2) is 43.0 Å². The number of rotatable bonds is 5. The van der Waals surface area contributed by atoms with Gasteiger partial charge in [0, 0.05) is 5.41 Å². The lowest BCUT2D eigenvalue weighted by Gasteiger charge is -2.34. The Bertz CT molecular complexity index is 302. The van der Waals surface area contributed by atoms with Gasteiger partial charge in [-0.3, -0.25) is 0 Å². The number of hydrogen-bond donors (Lipinski definition) is 2. The van der Waals surface area contributed by atoms with Crippen LogP contribution in [-0.4, -0.2) is 23.4 Å². The maximum Gasteiger partial charge on any atom is 0.0555 e. The van der Waals surface area contributed by atoms with Gasteiger partial charge >= 0.3 is 0 Å². The van der Waals surface area contributed by atoms with Crippen LogP contribution in [0, 0.1) is 5.92 Å². The summed E-state index contributed by atoms with van der Waals surface area (Å²) in [5, 5.41) is 19.0. The summed E-state index contributed by atoms with van der Waals surface area (Å²) in [5.74, 6) is 0.0231. The zero-order chi connectivity index (χ0) is 11.3. The third-order valence-electron chi connectivity index (χ3n) is 3.14. The monoisotopic (exact) mass is 206 g/mol. The lowest BCUT2D eigenvalue weighted by Crippen LogP contribution is -2.40. The third-order valence-corrected chi connectivity index (χ3v) is 3.14. The zero-order valence-electron chi connectivity index (χ0n) is 9.06. The Morgan fingerprint density at radius 3 is 2.20 bits per heavy atom. The molecular formula is C13H18O2. The fraction of sp³-hybridized carbons (Fsp3) is 0.385. The van der Waals surface area contributed by atoms with Crippen LogP contribution >= 0.6 is 0 Å². The van der Waals surface area contributed by atoms with Gasteiger partial charge in [-0.2, -0.15) is 0 Å². The molecule has 0 aliphatic rings. The molecule has 0 fully saturated rings. The van der Waals surface area contributed by atoms with E-state index in [-0.39, 0.29) is 19.1 Å². The van der Waals surface area contributed by atoms with Crippen LogP contribution in [0.25, 0.3) is 0 Å². The molecule has 15 heavy (non-hydrogen) atoms. The second kappa shape index (κ2) is 5.10. The molecule has 1 aromatic rings. The molecule has 1 atom stereocenters. The van der Waals surface area contributed by atoms with Gasteiger partial charge in [0.1, 0.15) is 0 Å². The molecule has 0 radical (unpaired) electrons. The second-order valence-electron chi connectivity index (χ2n) is 3.86. The van der Waals surface area contributed by atoms with Crippen LogP contribution in [0.1, 0.15) is 12.5 Å². The minimum absolute atomic E-state index is 0.0231. The highest BCUT2D eigenvalue weighted by molar-refractivity contribution is 5.28. The van der Waals surface area contributed by atoms with Gasteiger partial charge in [0.2, 0.25) is 0 Å². The first-order chi connectivity index (χ1) is 7.21. The van der Waals surface area contributed by atoms with Crippen LogP contribution < -0.4 is 0 Å². The fourth-order valence-electron chi connectivity index (χ4n) is 1.78. The van der Waals surface area contributed by atoms with Gasteiger partial charge in [0.15, 0.2) is 0 Å². The van der Waals surface area contributed by atoms with Crippen molar-refractivity contribution in [1.29, 1.82) is 0 Å². The Hall–Kier alpha value is -1.12. The topological polar surface area (TPSA) is 40.5 Å². The summed E-state index contributed by atoms with van der Waals surface area (Å²) in [6.45, 7) is 5.51. The maximum atomic E-state index is 9.52. The molecule has 0 aliphatic heterocycles. The molecule has 2 heteroatoms. The predicted octanol–water partition coefficient (Wildman–Crippen LogP) is 1.73. The normalized spacial score (nSPS) is 13.5. The Balaban J connectivity index is 3.16. The molecule has 0 heterocycles. The summed E-state index contributed by atoms with van der Waals surface area (Å²) in [5.41, 5.74) is 0.325. The highest BCUT2D eigenvalue weighted by Crippen LogP contribution is 2.32. The van der Waals surface area contributed by atoms with E-state index in [2.05, 4.69) is 6.58 Å². The van der Waals surface area contributed by atoms with Gasteiger partial charge in [-0.1, -0.05) is 43.3 Å². The van der Waals surface area contributed by atoms with Crippen molar-refractivity contribution in [3.05, 3.63) is 48.6 Å². The van der Waals surface area contributed by atoms with Crippen molar-refractivity contribution in [2.45, 2.75) is 12.3 Å². The van der Waals surface area contributed by atoms with Crippen LogP contribution in [0.5, 0.6) is 0 Å². The summed E-state index contributed by atoms with van der Waals surface area (Å²) in [4.78, 5) is 0. The summed E-state index contributed by atoms with van der Waals surface area (Å²) in [6.07, 6.45) is 1.76. The van der Waals surface area contributed by atoms with Crippen LogP contribution in [0.4, 0.5) is 0 Å². The minimum atomic E-state index is -0.622. The fourth-order valence-corrected chi connectivity index (χ4v) is 1.78. The number of hydrogen-bond acceptors (Lipinski definition) is 2. The lowest BCUT2D eigenvalue weighted by molar-refractivity contribution is 0.0903. The highest BCUT2D eigenvalue weighted by atomic mass is 16.3. The van der Waals surface area contributed by atoms with Gasteiger partial charge in [-0.05, 0) is 11.5 Å². The molecule has 1 aromatic carbocycles. The summed E-state index contributed by atoms with van der Waals surface area (Å²) in [7, 11) is 0. The molecule has 0 aliphatic carbocycles. The molecule has 1 rings (SSSR count). The Morgan fingerprint density at radius 1 is 1.27 bits per heavy atom. The number of aliphatic hydroxyl groups is 2. The van der Waals surface area contributed by atoms with E-state index in [0.29, 0.717) is 0 Å². The molecule has 0 saturated carbocycles. The number of allylic oxidation sites excluding steroid dienone is 1. The smallest absolute Gasteiger partial charge is 0.0555 e. The lowest BCUT2D eigenvalue weighted by atomic mass is 9.72. The van der Waals surface area contributed by atoms with Gasteiger partial charge < -0.3 is 10.2 Å². The molecule has 2 nitrogen and oxygen atoms in total. The van der Waals surface area contributed by atoms with Gasteiger partial charge in [-0.25, -0.2) is 0 Å². The van der Waals surface area contributed by atoms with Crippen molar-refractivity contribution in [3.8, 4) is 0 Å².